The molecule has 1 aromatic carbocycles. The lowest BCUT2D eigenvalue weighted by Gasteiger charge is -2.11. The van der Waals surface area contributed by atoms with E-state index < -0.39 is 23.2 Å². The molecule has 1 amide bonds. The van der Waals surface area contributed by atoms with Crippen LogP contribution in [0.15, 0.2) is 36.5 Å². The van der Waals surface area contributed by atoms with Gasteiger partial charge in [0.05, 0.1) is 25.0 Å². The van der Waals surface area contributed by atoms with Gasteiger partial charge in [-0.15, -0.1) is 0 Å². The summed E-state index contributed by atoms with van der Waals surface area (Å²) in [6, 6.07) is 6.44. The Morgan fingerprint density at radius 2 is 1.96 bits per heavy atom. The maximum Gasteiger partial charge on any atom is 0.276 e. The molecule has 0 spiro atoms. The van der Waals surface area contributed by atoms with Crippen molar-refractivity contribution in [3.8, 4) is 22.9 Å². The highest BCUT2D eigenvalue weighted by Gasteiger charge is 2.20. The van der Waals surface area contributed by atoms with E-state index in [0.29, 0.717) is 29.5 Å². The molecule has 0 atom stereocenters. The fourth-order valence-electron chi connectivity index (χ4n) is 2.62. The zero-order valence-electron chi connectivity index (χ0n) is 15.5. The van der Waals surface area contributed by atoms with Gasteiger partial charge in [-0.25, -0.2) is 13.8 Å². The molecular weight excluding hydrogens is 370 g/mol. The van der Waals surface area contributed by atoms with Crippen LogP contribution in [-0.2, 0) is 7.05 Å². The molecule has 0 aliphatic rings. The second-order valence-corrected chi connectivity index (χ2v) is 5.75. The van der Waals surface area contributed by atoms with Crippen LogP contribution in [0.3, 0.4) is 0 Å². The van der Waals surface area contributed by atoms with Crippen molar-refractivity contribution in [2.24, 2.45) is 7.05 Å². The highest BCUT2D eigenvalue weighted by molar-refractivity contribution is 6.03. The Labute approximate surface area is 159 Å². The number of ether oxygens (including phenoxy) is 2. The first kappa shape index (κ1) is 19.3. The molecule has 2 heterocycles. The Hall–Kier alpha value is -3.49. The number of amides is 1. The molecule has 0 radical (unpaired) electrons. The number of pyridine rings is 1. The predicted molar refractivity (Wildman–Crippen MR) is 98.5 cm³/mol. The van der Waals surface area contributed by atoms with Crippen LogP contribution in [0.25, 0.3) is 11.3 Å². The fraction of sp³-hybridized carbons (Fsp3) is 0.211. The van der Waals surface area contributed by atoms with E-state index >= 15 is 0 Å². The van der Waals surface area contributed by atoms with E-state index in [2.05, 4.69) is 15.4 Å². The second kappa shape index (κ2) is 8.03. The van der Waals surface area contributed by atoms with E-state index in [4.69, 9.17) is 9.47 Å². The topological polar surface area (TPSA) is 78.3 Å². The van der Waals surface area contributed by atoms with Crippen molar-refractivity contribution >= 4 is 11.6 Å². The molecule has 3 rings (SSSR count). The Balaban J connectivity index is 1.94. The van der Waals surface area contributed by atoms with E-state index in [-0.39, 0.29) is 5.69 Å². The second-order valence-electron chi connectivity index (χ2n) is 5.75. The molecule has 0 saturated carbocycles. The van der Waals surface area contributed by atoms with Gasteiger partial charge in [-0.1, -0.05) is 6.07 Å². The standard InChI is InChI=1S/C19H18F2N4O3/c1-4-28-16-9-17(27-3)22-10-11(16)15-8-14(24-25(15)2)19(26)23-18-12(20)6-5-7-13(18)21/h5-10H,4H2,1-3H3,(H,23,26). The molecule has 0 bridgehead atoms. The van der Waals surface area contributed by atoms with E-state index in [1.165, 1.54) is 23.9 Å². The highest BCUT2D eigenvalue weighted by atomic mass is 19.1. The Morgan fingerprint density at radius 1 is 1.25 bits per heavy atom. The van der Waals surface area contributed by atoms with Crippen LogP contribution in [0.5, 0.6) is 11.6 Å². The van der Waals surface area contributed by atoms with Crippen LogP contribution in [-0.4, -0.2) is 34.4 Å². The Kier molecular flexibility index (Phi) is 5.53. The first-order valence-corrected chi connectivity index (χ1v) is 8.41. The molecule has 3 aromatic rings. The van der Waals surface area contributed by atoms with E-state index in [9.17, 15) is 13.6 Å². The summed E-state index contributed by atoms with van der Waals surface area (Å²) >= 11 is 0. The average Bonchev–Trinajstić information content (AvgIpc) is 3.06. The number of methoxy groups -OCH3 is 1. The quantitative estimate of drug-likeness (QED) is 0.700. The number of hydrogen-bond acceptors (Lipinski definition) is 5. The summed E-state index contributed by atoms with van der Waals surface area (Å²) in [4.78, 5) is 16.6. The Morgan fingerprint density at radius 3 is 2.61 bits per heavy atom. The molecule has 0 fully saturated rings. The third-order valence-electron chi connectivity index (χ3n) is 3.94. The molecule has 0 aliphatic heterocycles. The van der Waals surface area contributed by atoms with Crippen molar-refractivity contribution in [3.05, 3.63) is 53.9 Å². The number of hydrogen-bond donors (Lipinski definition) is 1. The summed E-state index contributed by atoms with van der Waals surface area (Å²) in [6.07, 6.45) is 1.54. The van der Waals surface area contributed by atoms with Gasteiger partial charge in [-0.2, -0.15) is 5.10 Å². The summed E-state index contributed by atoms with van der Waals surface area (Å²) in [5.41, 5.74) is 0.589. The monoisotopic (exact) mass is 388 g/mol. The minimum atomic E-state index is -0.873. The number of benzene rings is 1. The minimum Gasteiger partial charge on any atom is -0.493 e. The van der Waals surface area contributed by atoms with Crippen molar-refractivity contribution in [3.63, 3.8) is 0 Å². The van der Waals surface area contributed by atoms with Crippen LogP contribution < -0.4 is 14.8 Å². The van der Waals surface area contributed by atoms with Gasteiger partial charge in [0.25, 0.3) is 5.91 Å². The van der Waals surface area contributed by atoms with Crippen molar-refractivity contribution < 1.29 is 23.0 Å². The van der Waals surface area contributed by atoms with Crippen LogP contribution in [0.4, 0.5) is 14.5 Å². The maximum atomic E-state index is 13.8. The smallest absolute Gasteiger partial charge is 0.276 e. The summed E-state index contributed by atoms with van der Waals surface area (Å²) in [5.74, 6) is -1.61. The Bertz CT molecular complexity index is 1000. The van der Waals surface area contributed by atoms with E-state index in [0.717, 1.165) is 12.1 Å². The van der Waals surface area contributed by atoms with Gasteiger partial charge < -0.3 is 14.8 Å². The number of aryl methyl sites for hydroxylation is 1. The molecule has 7 nitrogen and oxygen atoms in total. The van der Waals surface area contributed by atoms with Crippen LogP contribution in [0, 0.1) is 11.6 Å². The summed E-state index contributed by atoms with van der Waals surface area (Å²) < 4.78 is 39.7. The third-order valence-corrected chi connectivity index (χ3v) is 3.94. The SMILES string of the molecule is CCOc1cc(OC)ncc1-c1cc(C(=O)Nc2c(F)cccc2F)nn1C. The first-order valence-electron chi connectivity index (χ1n) is 8.41. The molecule has 0 saturated heterocycles. The molecule has 28 heavy (non-hydrogen) atoms. The van der Waals surface area contributed by atoms with Gasteiger partial charge in [0, 0.05) is 19.3 Å². The van der Waals surface area contributed by atoms with Crippen LogP contribution >= 0.6 is 0 Å². The molecule has 146 valence electrons. The largest absolute Gasteiger partial charge is 0.493 e. The third kappa shape index (κ3) is 3.78. The van der Waals surface area contributed by atoms with Gasteiger partial charge in [-0.3, -0.25) is 9.48 Å². The molecular formula is C19H18F2N4O3. The van der Waals surface area contributed by atoms with E-state index in [1.807, 2.05) is 6.92 Å². The fourth-order valence-corrected chi connectivity index (χ4v) is 2.62. The summed E-state index contributed by atoms with van der Waals surface area (Å²) in [6.45, 7) is 2.25. The van der Waals surface area contributed by atoms with Gasteiger partial charge >= 0.3 is 0 Å². The first-order chi connectivity index (χ1) is 13.4. The number of carbonyl (C=O) groups excluding carboxylic acids is 1. The summed E-state index contributed by atoms with van der Waals surface area (Å²) in [7, 11) is 3.13. The normalized spacial score (nSPS) is 10.6. The number of halogens is 2. The highest BCUT2D eigenvalue weighted by Crippen LogP contribution is 2.32. The lowest BCUT2D eigenvalue weighted by Crippen LogP contribution is -2.15. The average molecular weight is 388 g/mol. The zero-order valence-corrected chi connectivity index (χ0v) is 15.5. The predicted octanol–water partition coefficient (Wildman–Crippen LogP) is 3.42. The number of nitrogens with one attached hydrogen (secondary N) is 1. The van der Waals surface area contributed by atoms with Gasteiger partial charge in [-0.05, 0) is 25.1 Å². The number of nitrogens with zero attached hydrogens (tertiary/aromatic N) is 3. The molecule has 0 aliphatic carbocycles. The van der Waals surface area contributed by atoms with Crippen molar-refractivity contribution in [2.75, 3.05) is 19.0 Å². The van der Waals surface area contributed by atoms with Gasteiger partial charge in [0.2, 0.25) is 5.88 Å². The van der Waals surface area contributed by atoms with Gasteiger partial charge in [0.15, 0.2) is 5.69 Å². The molecule has 9 heteroatoms. The van der Waals surface area contributed by atoms with Crippen molar-refractivity contribution in [2.45, 2.75) is 6.92 Å². The lowest BCUT2D eigenvalue weighted by molar-refractivity contribution is 0.102. The molecule has 2 aromatic heterocycles. The van der Waals surface area contributed by atoms with E-state index in [1.54, 1.807) is 19.3 Å². The van der Waals surface area contributed by atoms with Crippen LogP contribution in [0.2, 0.25) is 0 Å². The number of anilines is 1. The minimum absolute atomic E-state index is 0.0154. The number of para-hydroxylation sites is 1. The maximum absolute atomic E-state index is 13.8. The number of rotatable bonds is 6. The number of carbonyl (C=O) groups is 1. The van der Waals surface area contributed by atoms with Crippen LogP contribution in [0.1, 0.15) is 17.4 Å². The molecule has 0 unspecified atom stereocenters. The zero-order chi connectivity index (χ0) is 20.3. The molecule has 1 N–H and O–H groups in total. The lowest BCUT2D eigenvalue weighted by atomic mass is 10.1. The van der Waals surface area contributed by atoms with Crippen molar-refractivity contribution in [1.82, 2.24) is 14.8 Å². The van der Waals surface area contributed by atoms with Gasteiger partial charge in [0.1, 0.15) is 23.1 Å². The number of aromatic nitrogens is 3. The van der Waals surface area contributed by atoms with Crippen molar-refractivity contribution in [1.29, 1.82) is 0 Å². The summed E-state index contributed by atoms with van der Waals surface area (Å²) in [5, 5.41) is 6.34.